The lowest BCUT2D eigenvalue weighted by Gasteiger charge is -2.33. The van der Waals surface area contributed by atoms with Gasteiger partial charge in [-0.3, -0.25) is 4.90 Å². The molecule has 18 heavy (non-hydrogen) atoms. The van der Waals surface area contributed by atoms with Crippen molar-refractivity contribution in [3.63, 3.8) is 0 Å². The van der Waals surface area contributed by atoms with Gasteiger partial charge in [0.15, 0.2) is 0 Å². The molecule has 0 radical (unpaired) electrons. The fraction of sp³-hybridized carbons (Fsp3) is 1.00. The van der Waals surface area contributed by atoms with E-state index in [1.807, 2.05) is 0 Å². The van der Waals surface area contributed by atoms with E-state index in [0.29, 0.717) is 12.1 Å². The molecule has 0 aromatic rings. The van der Waals surface area contributed by atoms with Crippen molar-refractivity contribution in [2.75, 3.05) is 33.4 Å². The summed E-state index contributed by atoms with van der Waals surface area (Å²) in [5.41, 5.74) is -0.0333. The maximum absolute atomic E-state index is 9.70. The van der Waals surface area contributed by atoms with Crippen LogP contribution in [0.15, 0.2) is 0 Å². The Bertz CT molecular complexity index is 256. The minimum atomic E-state index is -0.0333. The number of nitrogens with zero attached hydrogens (tertiary/aromatic N) is 1. The first kappa shape index (κ1) is 14.3. The number of ether oxygens (including phenoxy) is 1. The Labute approximate surface area is 111 Å². The topological polar surface area (TPSA) is 44.7 Å². The lowest BCUT2D eigenvalue weighted by Crippen LogP contribution is -2.49. The fourth-order valence-corrected chi connectivity index (χ4v) is 3.34. The minimum Gasteiger partial charge on any atom is -0.394 e. The van der Waals surface area contributed by atoms with Gasteiger partial charge in [-0.1, -0.05) is 6.92 Å². The van der Waals surface area contributed by atoms with Crippen molar-refractivity contribution < 1.29 is 9.84 Å². The van der Waals surface area contributed by atoms with Crippen LogP contribution in [0, 0.1) is 0 Å². The van der Waals surface area contributed by atoms with E-state index < -0.39 is 0 Å². The molecule has 2 aliphatic rings. The van der Waals surface area contributed by atoms with Crippen molar-refractivity contribution in [2.45, 2.75) is 56.7 Å². The number of hydrogen-bond donors (Lipinski definition) is 2. The van der Waals surface area contributed by atoms with Gasteiger partial charge in [-0.25, -0.2) is 0 Å². The van der Waals surface area contributed by atoms with Gasteiger partial charge in [0.1, 0.15) is 0 Å². The highest BCUT2D eigenvalue weighted by Crippen LogP contribution is 2.34. The van der Waals surface area contributed by atoms with Crippen LogP contribution in [0.2, 0.25) is 0 Å². The SMILES string of the molecule is CCCNC1(CO)CCC(N(C)C2CCOC2)C1. The molecule has 4 nitrogen and oxygen atoms in total. The molecule has 0 bridgehead atoms. The van der Waals surface area contributed by atoms with Gasteiger partial charge in [0.25, 0.3) is 0 Å². The Kier molecular flexibility index (Phi) is 5.01. The predicted octanol–water partition coefficient (Wildman–Crippen LogP) is 0.990. The van der Waals surface area contributed by atoms with Gasteiger partial charge >= 0.3 is 0 Å². The number of hydrogen-bond acceptors (Lipinski definition) is 4. The first-order valence-electron chi connectivity index (χ1n) is 7.36. The van der Waals surface area contributed by atoms with E-state index >= 15 is 0 Å². The lowest BCUT2D eigenvalue weighted by atomic mass is 9.98. The van der Waals surface area contributed by atoms with Crippen molar-refractivity contribution in [1.82, 2.24) is 10.2 Å². The van der Waals surface area contributed by atoms with E-state index in [4.69, 9.17) is 4.74 Å². The second-order valence-electron chi connectivity index (χ2n) is 5.94. The molecule has 1 aliphatic heterocycles. The second-order valence-corrected chi connectivity index (χ2v) is 5.94. The van der Waals surface area contributed by atoms with E-state index in [1.54, 1.807) is 0 Å². The minimum absolute atomic E-state index is 0.0333. The van der Waals surface area contributed by atoms with Crippen molar-refractivity contribution in [2.24, 2.45) is 0 Å². The standard InChI is InChI=1S/C14H28N2O2/c1-3-7-15-14(11-17)6-4-12(9-14)16(2)13-5-8-18-10-13/h12-13,15,17H,3-11H2,1-2H3. The number of aliphatic hydroxyl groups excluding tert-OH is 1. The Morgan fingerprint density at radius 3 is 2.83 bits per heavy atom. The van der Waals surface area contributed by atoms with Crippen molar-refractivity contribution >= 4 is 0 Å². The first-order valence-corrected chi connectivity index (χ1v) is 7.36. The van der Waals surface area contributed by atoms with Gasteiger partial charge in [0, 0.05) is 24.2 Å². The van der Waals surface area contributed by atoms with Crippen LogP contribution in [0.25, 0.3) is 0 Å². The molecule has 0 aromatic heterocycles. The third kappa shape index (κ3) is 3.05. The van der Waals surface area contributed by atoms with Crippen molar-refractivity contribution in [1.29, 1.82) is 0 Å². The van der Waals surface area contributed by atoms with Crippen LogP contribution in [0.3, 0.4) is 0 Å². The summed E-state index contributed by atoms with van der Waals surface area (Å²) in [5, 5.41) is 13.3. The molecule has 2 N–H and O–H groups in total. The predicted molar refractivity (Wildman–Crippen MR) is 72.7 cm³/mol. The average molecular weight is 256 g/mol. The maximum atomic E-state index is 9.70. The summed E-state index contributed by atoms with van der Waals surface area (Å²) in [5.74, 6) is 0. The molecular weight excluding hydrogens is 228 g/mol. The van der Waals surface area contributed by atoms with Crippen LogP contribution in [-0.4, -0.2) is 61.0 Å². The van der Waals surface area contributed by atoms with Gasteiger partial charge < -0.3 is 15.2 Å². The molecule has 0 aromatic carbocycles. The third-order valence-electron chi connectivity index (χ3n) is 4.69. The fourth-order valence-electron chi connectivity index (χ4n) is 3.34. The molecule has 0 amide bonds. The zero-order valence-electron chi connectivity index (χ0n) is 11.8. The molecule has 3 atom stereocenters. The molecule has 4 heteroatoms. The molecule has 106 valence electrons. The van der Waals surface area contributed by atoms with Crippen LogP contribution in [0.4, 0.5) is 0 Å². The maximum Gasteiger partial charge on any atom is 0.0622 e. The smallest absolute Gasteiger partial charge is 0.0622 e. The average Bonchev–Trinajstić information content (AvgIpc) is 3.06. The van der Waals surface area contributed by atoms with E-state index in [0.717, 1.165) is 45.4 Å². The van der Waals surface area contributed by atoms with Crippen LogP contribution in [-0.2, 0) is 4.74 Å². The van der Waals surface area contributed by atoms with Crippen LogP contribution >= 0.6 is 0 Å². The Morgan fingerprint density at radius 1 is 1.39 bits per heavy atom. The van der Waals surface area contributed by atoms with Gasteiger partial charge in [-0.2, -0.15) is 0 Å². The second kappa shape index (κ2) is 6.33. The normalized spacial score (nSPS) is 36.7. The van der Waals surface area contributed by atoms with Gasteiger partial charge in [-0.05, 0) is 45.7 Å². The first-order chi connectivity index (χ1) is 8.71. The molecule has 3 unspecified atom stereocenters. The number of nitrogens with one attached hydrogen (secondary N) is 1. The third-order valence-corrected chi connectivity index (χ3v) is 4.69. The highest BCUT2D eigenvalue weighted by Gasteiger charge is 2.41. The molecular formula is C14H28N2O2. The number of aliphatic hydroxyl groups is 1. The Hall–Kier alpha value is -0.160. The van der Waals surface area contributed by atoms with Crippen LogP contribution in [0.5, 0.6) is 0 Å². The van der Waals surface area contributed by atoms with E-state index in [1.165, 1.54) is 6.42 Å². The lowest BCUT2D eigenvalue weighted by molar-refractivity contribution is 0.118. The van der Waals surface area contributed by atoms with Gasteiger partial charge in [0.05, 0.1) is 13.2 Å². The number of likely N-dealkylation sites (N-methyl/N-ethyl adjacent to an activating group) is 1. The molecule has 1 heterocycles. The quantitative estimate of drug-likeness (QED) is 0.744. The molecule has 1 saturated carbocycles. The molecule has 1 saturated heterocycles. The summed E-state index contributed by atoms with van der Waals surface area (Å²) >= 11 is 0. The van der Waals surface area contributed by atoms with Gasteiger partial charge in [-0.15, -0.1) is 0 Å². The monoisotopic (exact) mass is 256 g/mol. The molecule has 2 fully saturated rings. The summed E-state index contributed by atoms with van der Waals surface area (Å²) in [4.78, 5) is 2.48. The van der Waals surface area contributed by atoms with E-state index in [-0.39, 0.29) is 12.1 Å². The zero-order chi connectivity index (χ0) is 13.0. The number of rotatable bonds is 6. The molecule has 2 rings (SSSR count). The Balaban J connectivity index is 1.88. The van der Waals surface area contributed by atoms with Gasteiger partial charge in [0.2, 0.25) is 0 Å². The highest BCUT2D eigenvalue weighted by atomic mass is 16.5. The summed E-state index contributed by atoms with van der Waals surface area (Å²) in [6, 6.07) is 1.17. The summed E-state index contributed by atoms with van der Waals surface area (Å²) in [6.07, 6.45) is 5.62. The van der Waals surface area contributed by atoms with Crippen LogP contribution in [0.1, 0.15) is 39.0 Å². The Morgan fingerprint density at radius 2 is 2.22 bits per heavy atom. The zero-order valence-corrected chi connectivity index (χ0v) is 11.8. The van der Waals surface area contributed by atoms with E-state index in [2.05, 4.69) is 24.2 Å². The summed E-state index contributed by atoms with van der Waals surface area (Å²) < 4.78 is 5.47. The van der Waals surface area contributed by atoms with Crippen LogP contribution < -0.4 is 5.32 Å². The highest BCUT2D eigenvalue weighted by molar-refractivity contribution is 5.00. The summed E-state index contributed by atoms with van der Waals surface area (Å²) in [6.45, 7) is 5.22. The van der Waals surface area contributed by atoms with E-state index in [9.17, 15) is 5.11 Å². The molecule has 0 spiro atoms. The van der Waals surface area contributed by atoms with Crippen molar-refractivity contribution in [3.05, 3.63) is 0 Å². The largest absolute Gasteiger partial charge is 0.394 e. The van der Waals surface area contributed by atoms with Crippen molar-refractivity contribution in [3.8, 4) is 0 Å². The summed E-state index contributed by atoms with van der Waals surface area (Å²) in [7, 11) is 2.22. The molecule has 1 aliphatic carbocycles.